The standard InChI is InChI=1S/C27H41NO8/c1-7-10-11-23(29)34-18(6)14-20(24(28)25(30)31)19-12-13-21(35-26(32)16(4)8-2)22(15-19)36-27(33)17(5)9-3/h12-13,15-18,20,24H,7-11,14,28H2,1-6H3,(H,30,31)/t16?,17?,18?,20?,24-/m0/s1. The van der Waals surface area contributed by atoms with E-state index in [2.05, 4.69) is 0 Å². The van der Waals surface area contributed by atoms with Crippen LogP contribution in [0.25, 0.3) is 0 Å². The second-order valence-electron chi connectivity index (χ2n) is 9.28. The summed E-state index contributed by atoms with van der Waals surface area (Å²) in [4.78, 5) is 48.8. The number of unbranched alkanes of at least 4 members (excludes halogenated alkanes) is 1. The molecule has 5 atom stereocenters. The predicted molar refractivity (Wildman–Crippen MR) is 135 cm³/mol. The maximum atomic E-state index is 12.5. The molecular formula is C27H41NO8. The Morgan fingerprint density at radius 3 is 1.97 bits per heavy atom. The number of hydrogen-bond acceptors (Lipinski definition) is 8. The highest BCUT2D eigenvalue weighted by atomic mass is 16.6. The molecular weight excluding hydrogens is 466 g/mol. The van der Waals surface area contributed by atoms with Crippen LogP contribution in [0.1, 0.15) is 91.5 Å². The van der Waals surface area contributed by atoms with Crippen molar-refractivity contribution in [3.63, 3.8) is 0 Å². The zero-order valence-corrected chi connectivity index (χ0v) is 22.2. The average Bonchev–Trinajstić information content (AvgIpc) is 2.85. The molecule has 4 unspecified atom stereocenters. The predicted octanol–water partition coefficient (Wildman–Crippen LogP) is 4.60. The Labute approximate surface area is 213 Å². The summed E-state index contributed by atoms with van der Waals surface area (Å²) in [6.45, 7) is 10.8. The van der Waals surface area contributed by atoms with Gasteiger partial charge in [-0.15, -0.1) is 0 Å². The van der Waals surface area contributed by atoms with E-state index < -0.39 is 41.9 Å². The van der Waals surface area contributed by atoms with Gasteiger partial charge < -0.3 is 25.1 Å². The van der Waals surface area contributed by atoms with Gasteiger partial charge >= 0.3 is 23.9 Å². The Hall–Kier alpha value is -2.94. The van der Waals surface area contributed by atoms with E-state index in [9.17, 15) is 24.3 Å². The molecule has 9 nitrogen and oxygen atoms in total. The highest BCUT2D eigenvalue weighted by Crippen LogP contribution is 2.35. The third-order valence-electron chi connectivity index (χ3n) is 6.22. The van der Waals surface area contributed by atoms with E-state index in [0.29, 0.717) is 24.8 Å². The van der Waals surface area contributed by atoms with Crippen molar-refractivity contribution in [2.24, 2.45) is 17.6 Å². The summed E-state index contributed by atoms with van der Waals surface area (Å²) in [6.07, 6.45) is 2.49. The molecule has 0 amide bonds. The first-order valence-electron chi connectivity index (χ1n) is 12.7. The molecule has 0 bridgehead atoms. The summed E-state index contributed by atoms with van der Waals surface area (Å²) in [5.41, 5.74) is 6.47. The summed E-state index contributed by atoms with van der Waals surface area (Å²) >= 11 is 0. The third-order valence-corrected chi connectivity index (χ3v) is 6.22. The number of carboxylic acid groups (broad SMARTS) is 1. The minimum Gasteiger partial charge on any atom is -0.480 e. The zero-order valence-electron chi connectivity index (χ0n) is 22.2. The maximum absolute atomic E-state index is 12.5. The molecule has 0 aliphatic rings. The average molecular weight is 508 g/mol. The summed E-state index contributed by atoms with van der Waals surface area (Å²) in [6, 6.07) is 3.21. The van der Waals surface area contributed by atoms with Gasteiger partial charge in [0.1, 0.15) is 6.04 Å². The highest BCUT2D eigenvalue weighted by molar-refractivity contribution is 5.79. The Morgan fingerprint density at radius 1 is 0.917 bits per heavy atom. The van der Waals surface area contributed by atoms with Crippen molar-refractivity contribution in [3.05, 3.63) is 23.8 Å². The Bertz CT molecular complexity index is 900. The molecule has 0 saturated heterocycles. The van der Waals surface area contributed by atoms with Gasteiger partial charge in [0, 0.05) is 12.3 Å². The lowest BCUT2D eigenvalue weighted by Gasteiger charge is -2.25. The van der Waals surface area contributed by atoms with Crippen LogP contribution in [0, 0.1) is 11.8 Å². The van der Waals surface area contributed by atoms with E-state index in [-0.39, 0.29) is 36.2 Å². The van der Waals surface area contributed by atoms with Crippen LogP contribution in [0.2, 0.25) is 0 Å². The van der Waals surface area contributed by atoms with Crippen LogP contribution in [-0.2, 0) is 23.9 Å². The molecule has 202 valence electrons. The number of carboxylic acids is 1. The van der Waals surface area contributed by atoms with Gasteiger partial charge in [0.25, 0.3) is 0 Å². The first-order valence-corrected chi connectivity index (χ1v) is 12.7. The smallest absolute Gasteiger partial charge is 0.321 e. The van der Waals surface area contributed by atoms with Crippen molar-refractivity contribution < 1.29 is 38.5 Å². The number of carbonyl (C=O) groups is 4. The normalized spacial score (nSPS) is 15.2. The fourth-order valence-corrected chi connectivity index (χ4v) is 3.34. The number of benzene rings is 1. The number of rotatable bonds is 15. The number of ether oxygens (including phenoxy) is 3. The first kappa shape index (κ1) is 31.1. The molecule has 0 aliphatic carbocycles. The zero-order chi connectivity index (χ0) is 27.4. The SMILES string of the molecule is CCCCC(=O)OC(C)CC(c1ccc(OC(=O)C(C)CC)c(OC(=O)C(C)CC)c1)[C@H](N)C(=O)O. The Kier molecular flexibility index (Phi) is 13.2. The van der Waals surface area contributed by atoms with Gasteiger partial charge in [0.15, 0.2) is 11.5 Å². The molecule has 3 N–H and O–H groups in total. The Balaban J connectivity index is 3.35. The van der Waals surface area contributed by atoms with Gasteiger partial charge in [0.2, 0.25) is 0 Å². The number of aliphatic carboxylic acids is 1. The second-order valence-corrected chi connectivity index (χ2v) is 9.28. The summed E-state index contributed by atoms with van der Waals surface area (Å²) in [5, 5.41) is 9.62. The minimum atomic E-state index is -1.31. The van der Waals surface area contributed by atoms with Crippen LogP contribution in [0.4, 0.5) is 0 Å². The number of hydrogen-bond donors (Lipinski definition) is 2. The van der Waals surface area contributed by atoms with Gasteiger partial charge in [-0.05, 0) is 50.3 Å². The van der Waals surface area contributed by atoms with Crippen molar-refractivity contribution >= 4 is 23.9 Å². The van der Waals surface area contributed by atoms with Crippen LogP contribution >= 0.6 is 0 Å². The van der Waals surface area contributed by atoms with Gasteiger partial charge in [0.05, 0.1) is 17.9 Å². The molecule has 0 heterocycles. The second kappa shape index (κ2) is 15.2. The van der Waals surface area contributed by atoms with Crippen LogP contribution in [0.5, 0.6) is 11.5 Å². The van der Waals surface area contributed by atoms with Crippen LogP contribution in [0.15, 0.2) is 18.2 Å². The molecule has 0 fully saturated rings. The largest absolute Gasteiger partial charge is 0.480 e. The van der Waals surface area contributed by atoms with Crippen LogP contribution < -0.4 is 15.2 Å². The lowest BCUT2D eigenvalue weighted by molar-refractivity contribution is -0.149. The Morgan fingerprint density at radius 2 is 1.47 bits per heavy atom. The van der Waals surface area contributed by atoms with Crippen molar-refractivity contribution in [1.82, 2.24) is 0 Å². The third kappa shape index (κ3) is 9.60. The molecule has 0 aliphatic heterocycles. The quantitative estimate of drug-likeness (QED) is 0.257. The van der Waals surface area contributed by atoms with E-state index in [1.807, 2.05) is 20.8 Å². The topological polar surface area (TPSA) is 142 Å². The molecule has 9 heteroatoms. The fourth-order valence-electron chi connectivity index (χ4n) is 3.34. The van der Waals surface area contributed by atoms with Gasteiger partial charge in [-0.3, -0.25) is 19.2 Å². The molecule has 0 aromatic heterocycles. The van der Waals surface area contributed by atoms with E-state index in [4.69, 9.17) is 19.9 Å². The molecule has 1 aromatic carbocycles. The van der Waals surface area contributed by atoms with Gasteiger partial charge in [-0.1, -0.05) is 47.1 Å². The van der Waals surface area contributed by atoms with Crippen molar-refractivity contribution in [2.75, 3.05) is 0 Å². The lowest BCUT2D eigenvalue weighted by atomic mass is 9.87. The van der Waals surface area contributed by atoms with E-state index in [0.717, 1.165) is 6.42 Å². The fraction of sp³-hybridized carbons (Fsp3) is 0.630. The summed E-state index contributed by atoms with van der Waals surface area (Å²) < 4.78 is 16.5. The van der Waals surface area contributed by atoms with Crippen molar-refractivity contribution in [2.45, 2.75) is 98.1 Å². The molecule has 0 radical (unpaired) electrons. The summed E-state index contributed by atoms with van der Waals surface area (Å²) in [5.74, 6) is -4.03. The highest BCUT2D eigenvalue weighted by Gasteiger charge is 2.30. The monoisotopic (exact) mass is 507 g/mol. The molecule has 0 spiro atoms. The van der Waals surface area contributed by atoms with Crippen LogP contribution in [-0.4, -0.2) is 41.1 Å². The van der Waals surface area contributed by atoms with Crippen molar-refractivity contribution in [3.8, 4) is 11.5 Å². The van der Waals surface area contributed by atoms with Gasteiger partial charge in [-0.2, -0.15) is 0 Å². The number of esters is 3. The molecule has 1 aromatic rings. The van der Waals surface area contributed by atoms with E-state index in [1.165, 1.54) is 12.1 Å². The summed E-state index contributed by atoms with van der Waals surface area (Å²) in [7, 11) is 0. The maximum Gasteiger partial charge on any atom is 0.321 e. The number of nitrogens with two attached hydrogens (primary N) is 1. The van der Waals surface area contributed by atoms with E-state index >= 15 is 0 Å². The van der Waals surface area contributed by atoms with E-state index in [1.54, 1.807) is 26.8 Å². The molecule has 36 heavy (non-hydrogen) atoms. The van der Waals surface area contributed by atoms with Crippen LogP contribution in [0.3, 0.4) is 0 Å². The first-order chi connectivity index (χ1) is 16.9. The minimum absolute atomic E-state index is 0.00429. The van der Waals surface area contributed by atoms with Crippen molar-refractivity contribution in [1.29, 1.82) is 0 Å². The van der Waals surface area contributed by atoms with Gasteiger partial charge in [-0.25, -0.2) is 0 Å². The lowest BCUT2D eigenvalue weighted by Crippen LogP contribution is -2.38. The number of carbonyl (C=O) groups excluding carboxylic acids is 3. The molecule has 1 rings (SSSR count). The molecule has 0 saturated carbocycles.